The van der Waals surface area contributed by atoms with Crippen molar-refractivity contribution in [3.05, 3.63) is 104 Å². The molecule has 0 fully saturated rings. The highest BCUT2D eigenvalue weighted by Gasteiger charge is 2.31. The van der Waals surface area contributed by atoms with E-state index in [0.717, 1.165) is 21.3 Å². The maximum Gasteiger partial charge on any atom is 0.276 e. The van der Waals surface area contributed by atoms with Gasteiger partial charge in [0, 0.05) is 34.3 Å². The molecule has 0 spiro atoms. The fourth-order valence-corrected chi connectivity index (χ4v) is 4.05. The van der Waals surface area contributed by atoms with E-state index in [0.29, 0.717) is 17.5 Å². The van der Waals surface area contributed by atoms with Gasteiger partial charge in [-0.3, -0.25) is 20.4 Å². The third kappa shape index (κ3) is 4.13. The summed E-state index contributed by atoms with van der Waals surface area (Å²) in [4.78, 5) is 16.0. The van der Waals surface area contributed by atoms with Crippen molar-refractivity contribution in [1.29, 1.82) is 0 Å². The average Bonchev–Trinajstić information content (AvgIpc) is 2.75. The zero-order valence-corrected chi connectivity index (χ0v) is 17.8. The number of nitro benzene ring substituents is 1. The van der Waals surface area contributed by atoms with E-state index < -0.39 is 11.1 Å². The van der Waals surface area contributed by atoms with E-state index in [9.17, 15) is 15.2 Å². The Hall–Kier alpha value is -3.03. The van der Waals surface area contributed by atoms with Gasteiger partial charge in [-0.2, -0.15) is 0 Å². The van der Waals surface area contributed by atoms with Crippen LogP contribution >= 0.6 is 15.9 Å². The van der Waals surface area contributed by atoms with E-state index in [1.807, 2.05) is 37.3 Å². The number of hydrogen-bond donors (Lipinski definition) is 2. The lowest BCUT2D eigenvalue weighted by Crippen LogP contribution is -2.33. The van der Waals surface area contributed by atoms with Crippen LogP contribution in [0.4, 0.5) is 5.69 Å². The Morgan fingerprint density at radius 1 is 1.10 bits per heavy atom. The van der Waals surface area contributed by atoms with Gasteiger partial charge in [-0.25, -0.2) is 0 Å². The number of hydrogen-bond acceptors (Lipinski definition) is 5. The van der Waals surface area contributed by atoms with E-state index in [4.69, 9.17) is 4.99 Å². The molecule has 2 atom stereocenters. The van der Waals surface area contributed by atoms with Crippen LogP contribution in [0.2, 0.25) is 0 Å². The van der Waals surface area contributed by atoms with Crippen LogP contribution < -0.4 is 5.32 Å². The first kappa shape index (κ1) is 20.3. The van der Waals surface area contributed by atoms with E-state index in [-0.39, 0.29) is 17.5 Å². The lowest BCUT2D eigenvalue weighted by atomic mass is 9.93. The van der Waals surface area contributed by atoms with Crippen LogP contribution in [-0.4, -0.2) is 15.7 Å². The lowest BCUT2D eigenvalue weighted by Gasteiger charge is -2.31. The molecule has 1 aliphatic rings. The van der Waals surface area contributed by atoms with Crippen molar-refractivity contribution in [2.45, 2.75) is 25.6 Å². The van der Waals surface area contributed by atoms with Crippen LogP contribution in [0.1, 0.15) is 40.9 Å². The number of phenols is 1. The van der Waals surface area contributed by atoms with E-state index in [1.165, 1.54) is 6.07 Å². The Bertz CT molecular complexity index is 1130. The third-order valence-corrected chi connectivity index (χ3v) is 5.71. The minimum Gasteiger partial charge on any atom is -0.508 e. The minimum atomic E-state index is -0.611. The van der Waals surface area contributed by atoms with Gasteiger partial charge in [0.15, 0.2) is 0 Å². The third-order valence-electron chi connectivity index (χ3n) is 5.22. The summed E-state index contributed by atoms with van der Waals surface area (Å²) in [6.07, 6.45) is -0.0652. The van der Waals surface area contributed by atoms with Gasteiger partial charge in [0.1, 0.15) is 11.9 Å². The Morgan fingerprint density at radius 2 is 1.83 bits per heavy atom. The first-order chi connectivity index (χ1) is 14.4. The molecule has 0 saturated heterocycles. The number of nitrogens with one attached hydrogen (secondary N) is 1. The van der Waals surface area contributed by atoms with Gasteiger partial charge in [-0.05, 0) is 36.8 Å². The number of aryl methyl sites for hydroxylation is 1. The standard InChI is InChI=1S/C23H20BrN3O3/c1-14-6-8-15(9-7-14)19-13-20(18-12-16(24)10-11-22(18)28)26-23(25-19)17-4-2-3-5-21(17)27(29)30/h2-12,20,23,26,28H,13H2,1H3. The number of halogens is 1. The van der Waals surface area contributed by atoms with Crippen LogP contribution in [0.25, 0.3) is 0 Å². The molecule has 0 bridgehead atoms. The molecule has 2 N–H and O–H groups in total. The minimum absolute atomic E-state index is 0.0149. The Labute approximate surface area is 182 Å². The summed E-state index contributed by atoms with van der Waals surface area (Å²) in [5.41, 5.74) is 4.16. The topological polar surface area (TPSA) is 87.8 Å². The molecule has 0 saturated carbocycles. The maximum absolute atomic E-state index is 11.6. The molecule has 3 aromatic rings. The molecule has 1 aliphatic heterocycles. The molecule has 0 radical (unpaired) electrons. The number of aromatic hydroxyl groups is 1. The summed E-state index contributed by atoms with van der Waals surface area (Å²) in [7, 11) is 0. The van der Waals surface area contributed by atoms with Gasteiger partial charge in [-0.1, -0.05) is 57.9 Å². The van der Waals surface area contributed by atoms with Crippen molar-refractivity contribution in [2.75, 3.05) is 0 Å². The number of phenolic OH excluding ortho intramolecular Hbond substituents is 1. The summed E-state index contributed by atoms with van der Waals surface area (Å²) >= 11 is 3.46. The number of nitrogens with zero attached hydrogens (tertiary/aromatic N) is 2. The van der Waals surface area contributed by atoms with Crippen LogP contribution in [0, 0.1) is 17.0 Å². The normalized spacial score (nSPS) is 18.7. The van der Waals surface area contributed by atoms with Gasteiger partial charge >= 0.3 is 0 Å². The molecule has 4 rings (SSSR count). The molecule has 7 heteroatoms. The fourth-order valence-electron chi connectivity index (χ4n) is 3.68. The quantitative estimate of drug-likeness (QED) is 0.388. The zero-order valence-electron chi connectivity index (χ0n) is 16.2. The Kier molecular flexibility index (Phi) is 5.65. The molecule has 1 heterocycles. The number of aliphatic imine (C=N–C) groups is 1. The van der Waals surface area contributed by atoms with Gasteiger partial charge in [0.25, 0.3) is 5.69 Å². The van der Waals surface area contributed by atoms with Crippen LogP contribution in [-0.2, 0) is 0 Å². The number of para-hydroxylation sites is 1. The van der Waals surface area contributed by atoms with Crippen molar-refractivity contribution < 1.29 is 10.0 Å². The molecule has 30 heavy (non-hydrogen) atoms. The predicted molar refractivity (Wildman–Crippen MR) is 120 cm³/mol. The van der Waals surface area contributed by atoms with E-state index in [1.54, 1.807) is 30.3 Å². The Morgan fingerprint density at radius 3 is 2.57 bits per heavy atom. The highest BCUT2D eigenvalue weighted by molar-refractivity contribution is 9.10. The lowest BCUT2D eigenvalue weighted by molar-refractivity contribution is -0.385. The van der Waals surface area contributed by atoms with Crippen molar-refractivity contribution in [3.63, 3.8) is 0 Å². The van der Waals surface area contributed by atoms with Crippen LogP contribution in [0.3, 0.4) is 0 Å². The molecule has 3 aromatic carbocycles. The second-order valence-electron chi connectivity index (χ2n) is 7.29. The second-order valence-corrected chi connectivity index (χ2v) is 8.20. The maximum atomic E-state index is 11.6. The summed E-state index contributed by atoms with van der Waals surface area (Å²) in [6, 6.07) is 19.7. The molecule has 152 valence electrons. The Balaban J connectivity index is 1.82. The smallest absolute Gasteiger partial charge is 0.276 e. The first-order valence-corrected chi connectivity index (χ1v) is 10.3. The van der Waals surface area contributed by atoms with Crippen molar-refractivity contribution in [3.8, 4) is 5.75 Å². The highest BCUT2D eigenvalue weighted by Crippen LogP contribution is 2.37. The SMILES string of the molecule is Cc1ccc(C2=NC(c3ccccc3[N+](=O)[O-])NC(c3cc(Br)ccc3O)C2)cc1. The number of nitro groups is 1. The van der Waals surface area contributed by atoms with Crippen molar-refractivity contribution in [1.82, 2.24) is 5.32 Å². The summed E-state index contributed by atoms with van der Waals surface area (Å²) in [6.45, 7) is 2.02. The summed E-state index contributed by atoms with van der Waals surface area (Å²) in [5, 5.41) is 25.4. The molecule has 0 aromatic heterocycles. The molecule has 0 amide bonds. The van der Waals surface area contributed by atoms with E-state index >= 15 is 0 Å². The average molecular weight is 466 g/mol. The van der Waals surface area contributed by atoms with Gasteiger partial charge < -0.3 is 5.11 Å². The predicted octanol–water partition coefficient (Wildman–Crippen LogP) is 5.59. The van der Waals surface area contributed by atoms with Gasteiger partial charge in [0.2, 0.25) is 0 Å². The first-order valence-electron chi connectivity index (χ1n) is 9.54. The molecule has 0 aliphatic carbocycles. The zero-order chi connectivity index (χ0) is 21.3. The summed E-state index contributed by atoms with van der Waals surface area (Å²) < 4.78 is 0.846. The monoisotopic (exact) mass is 465 g/mol. The second kappa shape index (κ2) is 8.38. The highest BCUT2D eigenvalue weighted by atomic mass is 79.9. The molecular weight excluding hydrogens is 446 g/mol. The summed E-state index contributed by atoms with van der Waals surface area (Å²) in [5.74, 6) is 0.169. The number of rotatable bonds is 4. The molecular formula is C23H20BrN3O3. The van der Waals surface area contributed by atoms with Gasteiger partial charge in [0.05, 0.1) is 10.5 Å². The van der Waals surface area contributed by atoms with E-state index in [2.05, 4.69) is 21.2 Å². The molecule has 2 unspecified atom stereocenters. The van der Waals surface area contributed by atoms with Crippen LogP contribution in [0.15, 0.2) is 76.2 Å². The van der Waals surface area contributed by atoms with Crippen LogP contribution in [0.5, 0.6) is 5.75 Å². The van der Waals surface area contributed by atoms with Gasteiger partial charge in [-0.15, -0.1) is 0 Å². The molecule has 6 nitrogen and oxygen atoms in total. The van der Waals surface area contributed by atoms with Crippen molar-refractivity contribution >= 4 is 27.3 Å². The fraction of sp³-hybridized carbons (Fsp3) is 0.174. The number of benzene rings is 3. The van der Waals surface area contributed by atoms with Crippen molar-refractivity contribution in [2.24, 2.45) is 4.99 Å². The largest absolute Gasteiger partial charge is 0.508 e.